The zero-order valence-electron chi connectivity index (χ0n) is 16.9. The number of benzene rings is 1. The van der Waals surface area contributed by atoms with Crippen molar-refractivity contribution in [3.8, 4) is 0 Å². The second-order valence-corrected chi connectivity index (χ2v) is 7.03. The van der Waals surface area contributed by atoms with Crippen molar-refractivity contribution in [2.24, 2.45) is 0 Å². The van der Waals surface area contributed by atoms with E-state index < -0.39 is 23.9 Å². The average Bonchev–Trinajstić information content (AvgIpc) is 2.69. The molecule has 1 atom stereocenters. The van der Waals surface area contributed by atoms with Crippen LogP contribution in [0.5, 0.6) is 0 Å². The van der Waals surface area contributed by atoms with Crippen LogP contribution in [0.1, 0.15) is 47.2 Å². The Kier molecular flexibility index (Phi) is 8.12. The number of carbonyl (C=O) groups excluding carboxylic acids is 1. The molecule has 0 bridgehead atoms. The Morgan fingerprint density at radius 3 is 2.06 bits per heavy atom. The molecule has 0 fully saturated rings. The molecule has 11 nitrogen and oxygen atoms in total. The van der Waals surface area contributed by atoms with Gasteiger partial charge in [-0.1, -0.05) is 12.1 Å². The van der Waals surface area contributed by atoms with Gasteiger partial charge in [0.15, 0.2) is 0 Å². The summed E-state index contributed by atoms with van der Waals surface area (Å²) in [5.74, 6) is -2.37. The number of aryl methyl sites for hydroxylation is 1. The van der Waals surface area contributed by atoms with Crippen molar-refractivity contribution in [1.29, 1.82) is 0 Å². The van der Waals surface area contributed by atoms with Crippen LogP contribution in [-0.4, -0.2) is 44.1 Å². The van der Waals surface area contributed by atoms with Crippen LogP contribution < -0.4 is 22.5 Å². The van der Waals surface area contributed by atoms with Crippen molar-refractivity contribution in [2.45, 2.75) is 44.6 Å². The molecule has 2 aromatic rings. The molecule has 0 aliphatic carbocycles. The monoisotopic (exact) mass is 430 g/mol. The van der Waals surface area contributed by atoms with Crippen molar-refractivity contribution in [2.75, 3.05) is 17.2 Å². The number of rotatable bonds is 11. The van der Waals surface area contributed by atoms with E-state index in [1.165, 1.54) is 0 Å². The Balaban J connectivity index is 1.85. The normalized spacial score (nSPS) is 11.6. The highest BCUT2D eigenvalue weighted by molar-refractivity contribution is 5.96. The zero-order chi connectivity index (χ0) is 23.0. The number of anilines is 3. The van der Waals surface area contributed by atoms with Gasteiger partial charge in [-0.25, -0.2) is 4.79 Å². The van der Waals surface area contributed by atoms with E-state index in [1.54, 1.807) is 24.3 Å². The number of hydrogen-bond acceptors (Lipinski definition) is 8. The number of aliphatic carboxylic acids is 2. The first-order chi connectivity index (χ1) is 14.7. The molecule has 9 N–H and O–H groups in total. The van der Waals surface area contributed by atoms with Crippen LogP contribution in [0.15, 0.2) is 24.3 Å². The van der Waals surface area contributed by atoms with Gasteiger partial charge in [0.2, 0.25) is 5.95 Å². The lowest BCUT2D eigenvalue weighted by Gasteiger charge is -2.13. The van der Waals surface area contributed by atoms with Crippen molar-refractivity contribution in [3.63, 3.8) is 0 Å². The first-order valence-electron chi connectivity index (χ1n) is 9.69. The summed E-state index contributed by atoms with van der Waals surface area (Å²) in [7, 11) is 0. The number of nitrogen functional groups attached to an aromatic ring is 3. The Bertz CT molecular complexity index is 925. The van der Waals surface area contributed by atoms with Gasteiger partial charge in [0.25, 0.3) is 5.91 Å². The molecular weight excluding hydrogens is 404 g/mol. The summed E-state index contributed by atoms with van der Waals surface area (Å²) in [5.41, 5.74) is 19.1. The molecule has 2 rings (SSSR count). The highest BCUT2D eigenvalue weighted by atomic mass is 16.4. The van der Waals surface area contributed by atoms with Crippen LogP contribution in [0.2, 0.25) is 0 Å². The SMILES string of the molecule is Nc1nc(N)c(CCCCc2ccc(C(=O)N[C@@H](CCC(=O)O)C(=O)O)cc2)c(N)n1. The van der Waals surface area contributed by atoms with Gasteiger partial charge in [0.05, 0.1) is 0 Å². The van der Waals surface area contributed by atoms with Gasteiger partial charge in [0.1, 0.15) is 17.7 Å². The van der Waals surface area contributed by atoms with Gasteiger partial charge in [0, 0.05) is 17.5 Å². The lowest BCUT2D eigenvalue weighted by atomic mass is 10.0. The van der Waals surface area contributed by atoms with Crippen molar-refractivity contribution >= 4 is 35.4 Å². The topological polar surface area (TPSA) is 208 Å². The number of nitrogens with two attached hydrogens (primary N) is 3. The lowest BCUT2D eigenvalue weighted by molar-refractivity contribution is -0.140. The summed E-state index contributed by atoms with van der Waals surface area (Å²) >= 11 is 0. The van der Waals surface area contributed by atoms with Crippen LogP contribution in [0, 0.1) is 0 Å². The molecule has 0 aliphatic heterocycles. The molecule has 0 radical (unpaired) electrons. The van der Waals surface area contributed by atoms with E-state index in [2.05, 4.69) is 15.3 Å². The fraction of sp³-hybridized carbons (Fsp3) is 0.350. The van der Waals surface area contributed by atoms with E-state index in [0.717, 1.165) is 24.8 Å². The molecule has 0 unspecified atom stereocenters. The van der Waals surface area contributed by atoms with Crippen molar-refractivity contribution in [1.82, 2.24) is 15.3 Å². The molecule has 0 spiro atoms. The van der Waals surface area contributed by atoms with Crippen molar-refractivity contribution in [3.05, 3.63) is 41.0 Å². The molecule has 0 aliphatic rings. The maximum atomic E-state index is 12.3. The predicted octanol–water partition coefficient (Wildman–Crippen LogP) is 0.836. The van der Waals surface area contributed by atoms with E-state index >= 15 is 0 Å². The number of nitrogens with one attached hydrogen (secondary N) is 1. The van der Waals surface area contributed by atoms with E-state index in [1.807, 2.05) is 0 Å². The number of amides is 1. The molecule has 166 valence electrons. The van der Waals surface area contributed by atoms with Crippen LogP contribution in [-0.2, 0) is 22.4 Å². The maximum Gasteiger partial charge on any atom is 0.326 e. The van der Waals surface area contributed by atoms with Gasteiger partial charge < -0.3 is 32.7 Å². The smallest absolute Gasteiger partial charge is 0.326 e. The molecule has 31 heavy (non-hydrogen) atoms. The minimum Gasteiger partial charge on any atom is -0.481 e. The molecule has 1 aromatic carbocycles. The summed E-state index contributed by atoms with van der Waals surface area (Å²) in [5, 5.41) is 20.2. The second kappa shape index (κ2) is 10.8. The minimum absolute atomic E-state index is 0.0411. The number of nitrogens with zero attached hydrogens (tertiary/aromatic N) is 2. The Hall–Kier alpha value is -3.89. The van der Waals surface area contributed by atoms with E-state index in [-0.39, 0.29) is 30.4 Å². The number of unbranched alkanes of at least 4 members (excludes halogenated alkanes) is 1. The van der Waals surface area contributed by atoms with Crippen LogP contribution in [0.4, 0.5) is 17.6 Å². The zero-order valence-corrected chi connectivity index (χ0v) is 16.9. The first-order valence-corrected chi connectivity index (χ1v) is 9.69. The molecule has 0 saturated carbocycles. The fourth-order valence-corrected chi connectivity index (χ4v) is 3.01. The van der Waals surface area contributed by atoms with Gasteiger partial charge >= 0.3 is 11.9 Å². The summed E-state index contributed by atoms with van der Waals surface area (Å²) in [6.45, 7) is 0. The van der Waals surface area contributed by atoms with E-state index in [4.69, 9.17) is 27.4 Å². The van der Waals surface area contributed by atoms with Crippen molar-refractivity contribution < 1.29 is 24.6 Å². The Morgan fingerprint density at radius 1 is 0.935 bits per heavy atom. The number of carbonyl (C=O) groups is 3. The highest BCUT2D eigenvalue weighted by Gasteiger charge is 2.21. The number of hydrogen-bond donors (Lipinski definition) is 6. The third-order valence-electron chi connectivity index (χ3n) is 4.70. The molecule has 11 heteroatoms. The third-order valence-corrected chi connectivity index (χ3v) is 4.70. The number of aromatic nitrogens is 2. The van der Waals surface area contributed by atoms with Crippen LogP contribution in [0.25, 0.3) is 0 Å². The average molecular weight is 430 g/mol. The quantitative estimate of drug-likeness (QED) is 0.277. The van der Waals surface area contributed by atoms with Gasteiger partial charge in [-0.15, -0.1) is 0 Å². The predicted molar refractivity (Wildman–Crippen MR) is 114 cm³/mol. The van der Waals surface area contributed by atoms with Gasteiger partial charge in [-0.3, -0.25) is 9.59 Å². The van der Waals surface area contributed by atoms with Crippen LogP contribution in [0.3, 0.4) is 0 Å². The highest BCUT2D eigenvalue weighted by Crippen LogP contribution is 2.20. The summed E-state index contributed by atoms with van der Waals surface area (Å²) in [4.78, 5) is 41.9. The third kappa shape index (κ3) is 7.14. The maximum absolute atomic E-state index is 12.3. The van der Waals surface area contributed by atoms with Gasteiger partial charge in [-0.2, -0.15) is 9.97 Å². The standard InChI is InChI=1S/C20H26N6O5/c21-16-13(17(22)26-20(23)25-16)4-2-1-3-11-5-7-12(8-6-11)18(29)24-14(19(30)31)9-10-15(27)28/h5-8,14H,1-4,9-10H2,(H,24,29)(H,27,28)(H,30,31)(H6,21,22,23,25,26)/t14-/m0/s1. The first kappa shape index (κ1) is 23.4. The molecule has 1 amide bonds. The number of carboxylic acids is 2. The Labute approximate surface area is 178 Å². The minimum atomic E-state index is -1.28. The van der Waals surface area contributed by atoms with Crippen LogP contribution >= 0.6 is 0 Å². The summed E-state index contributed by atoms with van der Waals surface area (Å²) in [6.07, 6.45) is 2.47. The van der Waals surface area contributed by atoms with E-state index in [0.29, 0.717) is 17.5 Å². The summed E-state index contributed by atoms with van der Waals surface area (Å²) < 4.78 is 0. The molecule has 1 heterocycles. The van der Waals surface area contributed by atoms with E-state index in [9.17, 15) is 14.4 Å². The fourth-order valence-electron chi connectivity index (χ4n) is 3.01. The largest absolute Gasteiger partial charge is 0.481 e. The lowest BCUT2D eigenvalue weighted by Crippen LogP contribution is -2.41. The Morgan fingerprint density at radius 2 is 1.52 bits per heavy atom. The number of carboxylic acid groups (broad SMARTS) is 2. The summed E-state index contributed by atoms with van der Waals surface area (Å²) in [6, 6.07) is 5.52. The van der Waals surface area contributed by atoms with Gasteiger partial charge in [-0.05, 0) is 49.8 Å². The second-order valence-electron chi connectivity index (χ2n) is 7.03. The molecular formula is C20H26N6O5. The molecule has 0 saturated heterocycles. The molecule has 1 aromatic heterocycles.